The van der Waals surface area contributed by atoms with Crippen LogP contribution in [0.15, 0.2) is 39.5 Å². The van der Waals surface area contributed by atoms with Crippen molar-refractivity contribution < 1.29 is 15.3 Å². The molecule has 6 N–H and O–H groups in total. The summed E-state index contributed by atoms with van der Waals surface area (Å²) in [5.41, 5.74) is 7.57. The van der Waals surface area contributed by atoms with Crippen molar-refractivity contribution in [2.45, 2.75) is 6.23 Å². The number of nitrogens with one attached hydrogen (secondary N) is 1. The fourth-order valence-electron chi connectivity index (χ4n) is 1.76. The summed E-state index contributed by atoms with van der Waals surface area (Å²) in [6.07, 6.45) is -0.855. The minimum atomic E-state index is -0.855. The molecule has 1 aromatic rings. The second kappa shape index (κ2) is 7.04. The number of nitrogens with two attached hydrogens (primary N) is 1. The number of hydrogen-bond acceptors (Lipinski definition) is 8. The Morgan fingerprint density at radius 2 is 1.90 bits per heavy atom. The molecule has 0 bridgehead atoms. The molecule has 0 aliphatic carbocycles. The van der Waals surface area contributed by atoms with Gasteiger partial charge in [-0.1, -0.05) is 12.1 Å². The van der Waals surface area contributed by atoms with Crippen LogP contribution < -0.4 is 11.1 Å². The molecule has 0 radical (unpaired) electrons. The quantitative estimate of drug-likeness (QED) is 0.431. The Labute approximate surface area is 121 Å². The minimum absolute atomic E-state index is 0.0509. The van der Waals surface area contributed by atoms with E-state index in [4.69, 9.17) is 15.9 Å². The van der Waals surface area contributed by atoms with Gasteiger partial charge in [-0.2, -0.15) is 0 Å². The molecule has 1 unspecified atom stereocenters. The lowest BCUT2D eigenvalue weighted by atomic mass is 10.1. The summed E-state index contributed by atoms with van der Waals surface area (Å²) in [5.74, 6) is 0.160. The zero-order chi connectivity index (χ0) is 15.2. The fourth-order valence-corrected chi connectivity index (χ4v) is 1.76. The Morgan fingerprint density at radius 3 is 2.52 bits per heavy atom. The van der Waals surface area contributed by atoms with E-state index in [1.807, 2.05) is 0 Å². The Morgan fingerprint density at radius 1 is 1.19 bits per heavy atom. The lowest BCUT2D eigenvalue weighted by Crippen LogP contribution is -2.28. The molecule has 0 spiro atoms. The van der Waals surface area contributed by atoms with Crippen molar-refractivity contribution in [3.63, 3.8) is 0 Å². The van der Waals surface area contributed by atoms with Crippen LogP contribution in [0.4, 0.5) is 5.69 Å². The third kappa shape index (κ3) is 3.70. The van der Waals surface area contributed by atoms with Gasteiger partial charge in [0.1, 0.15) is 17.7 Å². The van der Waals surface area contributed by atoms with E-state index in [0.29, 0.717) is 29.2 Å². The van der Waals surface area contributed by atoms with Gasteiger partial charge in [-0.3, -0.25) is 5.32 Å². The molecule has 1 aliphatic rings. The molecule has 0 fully saturated rings. The van der Waals surface area contributed by atoms with Gasteiger partial charge in [0.05, 0.1) is 18.9 Å². The molecule has 21 heavy (non-hydrogen) atoms. The maximum absolute atomic E-state index is 9.80. The minimum Gasteiger partial charge on any atom is -0.395 e. The van der Waals surface area contributed by atoms with Crippen molar-refractivity contribution in [1.82, 2.24) is 5.32 Å². The second-order valence-corrected chi connectivity index (χ2v) is 4.32. The normalized spacial score (nSPS) is 17.8. The molecule has 0 saturated carbocycles. The highest BCUT2D eigenvalue weighted by atomic mass is 16.3. The van der Waals surface area contributed by atoms with Crippen LogP contribution in [0.2, 0.25) is 0 Å². The first kappa shape index (κ1) is 15.3. The number of hydrogen-bond donors (Lipinski definition) is 5. The SMILES string of the molecule is NC1=NN=C(CO)C1=Nc1ccc(C(O)NCCO)cc1. The lowest BCUT2D eigenvalue weighted by Gasteiger charge is -2.12. The number of benzene rings is 1. The van der Waals surface area contributed by atoms with Gasteiger partial charge in [0.25, 0.3) is 0 Å². The zero-order valence-corrected chi connectivity index (χ0v) is 11.3. The Kier molecular flexibility index (Phi) is 5.12. The van der Waals surface area contributed by atoms with Crippen LogP contribution in [0.5, 0.6) is 0 Å². The van der Waals surface area contributed by atoms with Crippen LogP contribution in [-0.4, -0.2) is 52.3 Å². The molecular weight excluding hydrogens is 274 g/mol. The Balaban J connectivity index is 2.12. The van der Waals surface area contributed by atoms with Crippen LogP contribution in [0.1, 0.15) is 11.8 Å². The summed E-state index contributed by atoms with van der Waals surface area (Å²) in [7, 11) is 0. The summed E-state index contributed by atoms with van der Waals surface area (Å²) < 4.78 is 0. The van der Waals surface area contributed by atoms with Gasteiger partial charge in [-0.05, 0) is 17.7 Å². The van der Waals surface area contributed by atoms with Crippen molar-refractivity contribution >= 4 is 22.9 Å². The molecule has 112 valence electrons. The van der Waals surface area contributed by atoms with E-state index in [1.54, 1.807) is 24.3 Å². The predicted octanol–water partition coefficient (Wildman–Crippen LogP) is -0.949. The van der Waals surface area contributed by atoms with Gasteiger partial charge in [-0.25, -0.2) is 4.99 Å². The topological polar surface area (TPSA) is 136 Å². The molecule has 0 saturated heterocycles. The second-order valence-electron chi connectivity index (χ2n) is 4.32. The molecular formula is C13H17N5O3. The first-order valence-electron chi connectivity index (χ1n) is 6.38. The Bertz CT molecular complexity index is 580. The summed E-state index contributed by atoms with van der Waals surface area (Å²) in [5, 5.41) is 37.7. The molecule has 0 amide bonds. The van der Waals surface area contributed by atoms with E-state index in [2.05, 4.69) is 20.5 Å². The summed E-state index contributed by atoms with van der Waals surface area (Å²) in [4.78, 5) is 4.28. The van der Waals surface area contributed by atoms with E-state index < -0.39 is 6.23 Å². The van der Waals surface area contributed by atoms with Crippen LogP contribution in [-0.2, 0) is 0 Å². The van der Waals surface area contributed by atoms with Crippen LogP contribution >= 0.6 is 0 Å². The van der Waals surface area contributed by atoms with Crippen LogP contribution in [0.3, 0.4) is 0 Å². The highest BCUT2D eigenvalue weighted by Crippen LogP contribution is 2.18. The fraction of sp³-hybridized carbons (Fsp3) is 0.308. The van der Waals surface area contributed by atoms with E-state index >= 15 is 0 Å². The summed E-state index contributed by atoms with van der Waals surface area (Å²) >= 11 is 0. The van der Waals surface area contributed by atoms with Crippen molar-refractivity contribution in [2.24, 2.45) is 20.9 Å². The highest BCUT2D eigenvalue weighted by Gasteiger charge is 2.18. The van der Waals surface area contributed by atoms with Crippen molar-refractivity contribution in [3.05, 3.63) is 29.8 Å². The smallest absolute Gasteiger partial charge is 0.174 e. The average Bonchev–Trinajstić information content (AvgIpc) is 2.86. The molecule has 1 aliphatic heterocycles. The third-order valence-electron chi connectivity index (χ3n) is 2.84. The number of amidine groups is 1. The van der Waals surface area contributed by atoms with Crippen LogP contribution in [0, 0.1) is 0 Å². The summed E-state index contributed by atoms with van der Waals surface area (Å²) in [6, 6.07) is 6.80. The van der Waals surface area contributed by atoms with Gasteiger partial charge < -0.3 is 21.1 Å². The first-order valence-corrected chi connectivity index (χ1v) is 6.38. The van der Waals surface area contributed by atoms with E-state index in [9.17, 15) is 5.11 Å². The number of aliphatic hydroxyl groups is 3. The van der Waals surface area contributed by atoms with Crippen molar-refractivity contribution in [1.29, 1.82) is 0 Å². The van der Waals surface area contributed by atoms with Gasteiger partial charge in [0, 0.05) is 6.54 Å². The number of aliphatic imine (C=N–C) groups is 1. The third-order valence-corrected chi connectivity index (χ3v) is 2.84. The zero-order valence-electron chi connectivity index (χ0n) is 11.3. The Hall–Kier alpha value is -2.13. The number of aliphatic hydroxyl groups excluding tert-OH is 3. The lowest BCUT2D eigenvalue weighted by molar-refractivity contribution is 0.129. The predicted molar refractivity (Wildman–Crippen MR) is 79.7 cm³/mol. The average molecular weight is 291 g/mol. The molecule has 1 aromatic carbocycles. The molecule has 0 aromatic heterocycles. The standard InChI is InChI=1S/C13H17N5O3/c14-12-11(10(7-20)17-18-12)16-9-3-1-8(2-4-9)13(21)15-5-6-19/h1-4,13,15,19-21H,5-7H2,(H2,14,16,18). The van der Waals surface area contributed by atoms with Gasteiger partial charge >= 0.3 is 0 Å². The van der Waals surface area contributed by atoms with Crippen molar-refractivity contribution in [3.8, 4) is 0 Å². The van der Waals surface area contributed by atoms with E-state index in [0.717, 1.165) is 0 Å². The largest absolute Gasteiger partial charge is 0.395 e. The molecule has 1 atom stereocenters. The first-order chi connectivity index (χ1) is 10.2. The van der Waals surface area contributed by atoms with E-state index in [-0.39, 0.29) is 19.0 Å². The molecule has 8 nitrogen and oxygen atoms in total. The number of nitrogens with zero attached hydrogens (tertiary/aromatic N) is 3. The van der Waals surface area contributed by atoms with Gasteiger partial charge in [0.15, 0.2) is 5.84 Å². The monoisotopic (exact) mass is 291 g/mol. The van der Waals surface area contributed by atoms with Crippen LogP contribution in [0.25, 0.3) is 0 Å². The highest BCUT2D eigenvalue weighted by molar-refractivity contribution is 6.70. The van der Waals surface area contributed by atoms with Crippen molar-refractivity contribution in [2.75, 3.05) is 19.8 Å². The number of rotatable bonds is 6. The maximum Gasteiger partial charge on any atom is 0.174 e. The molecule has 2 rings (SSSR count). The molecule has 1 heterocycles. The molecule has 8 heteroatoms. The van der Waals surface area contributed by atoms with Gasteiger partial charge in [0.2, 0.25) is 0 Å². The maximum atomic E-state index is 9.80. The van der Waals surface area contributed by atoms with Gasteiger partial charge in [-0.15, -0.1) is 10.2 Å². The summed E-state index contributed by atoms with van der Waals surface area (Å²) in [6.45, 7) is -0.0376. The van der Waals surface area contributed by atoms with E-state index in [1.165, 1.54) is 0 Å².